The topological polar surface area (TPSA) is 96.0 Å². The summed E-state index contributed by atoms with van der Waals surface area (Å²) in [6.45, 7) is 5.41. The van der Waals surface area contributed by atoms with E-state index in [4.69, 9.17) is 16.3 Å². The maximum absolute atomic E-state index is 13.9. The van der Waals surface area contributed by atoms with Gasteiger partial charge in [0.1, 0.15) is 18.3 Å². The zero-order valence-corrected chi connectivity index (χ0v) is 25.1. The molecular formula is C28H31BrClN3O5S. The van der Waals surface area contributed by atoms with Gasteiger partial charge in [-0.05, 0) is 74.9 Å². The van der Waals surface area contributed by atoms with Crippen molar-refractivity contribution in [2.75, 3.05) is 24.0 Å². The summed E-state index contributed by atoms with van der Waals surface area (Å²) in [5.74, 6) is -0.596. The molecule has 3 aromatic carbocycles. The molecule has 1 atom stereocenters. The van der Waals surface area contributed by atoms with Gasteiger partial charge in [-0.3, -0.25) is 13.9 Å². The summed E-state index contributed by atoms with van der Waals surface area (Å²) in [6.07, 6.45) is 0. The van der Waals surface area contributed by atoms with Gasteiger partial charge in [-0.25, -0.2) is 8.42 Å². The summed E-state index contributed by atoms with van der Waals surface area (Å²) < 4.78 is 35.4. The van der Waals surface area contributed by atoms with Gasteiger partial charge in [0.2, 0.25) is 11.8 Å². The van der Waals surface area contributed by atoms with Gasteiger partial charge in [0, 0.05) is 22.6 Å². The van der Waals surface area contributed by atoms with Gasteiger partial charge in [0.05, 0.1) is 17.2 Å². The van der Waals surface area contributed by atoms with Crippen molar-refractivity contribution in [3.63, 3.8) is 0 Å². The molecule has 3 aromatic rings. The molecule has 8 nitrogen and oxygen atoms in total. The number of benzene rings is 3. The van der Waals surface area contributed by atoms with Gasteiger partial charge in [-0.1, -0.05) is 51.8 Å². The SMILES string of the molecule is CCNC(=O)C(C)N(Cc1cccc(Br)c1)C(=O)CN(c1ccccc1OCC)S(=O)(=O)c1ccc(Cl)cc1. The van der Waals surface area contributed by atoms with Crippen LogP contribution in [0.3, 0.4) is 0 Å². The molecule has 208 valence electrons. The van der Waals surface area contributed by atoms with E-state index in [0.29, 0.717) is 23.9 Å². The number of rotatable bonds is 12. The molecule has 0 saturated heterocycles. The molecule has 11 heteroatoms. The number of nitrogens with zero attached hydrogens (tertiary/aromatic N) is 2. The highest BCUT2D eigenvalue weighted by atomic mass is 79.9. The van der Waals surface area contributed by atoms with E-state index in [1.54, 1.807) is 45.0 Å². The van der Waals surface area contributed by atoms with Crippen LogP contribution < -0.4 is 14.4 Å². The Morgan fingerprint density at radius 3 is 2.36 bits per heavy atom. The van der Waals surface area contributed by atoms with Crippen molar-refractivity contribution < 1.29 is 22.7 Å². The van der Waals surface area contributed by atoms with Crippen LogP contribution >= 0.6 is 27.5 Å². The second-order valence-electron chi connectivity index (χ2n) is 8.59. The number of sulfonamides is 1. The molecule has 3 rings (SSSR count). The molecule has 0 aliphatic heterocycles. The van der Waals surface area contributed by atoms with Crippen LogP contribution in [-0.2, 0) is 26.2 Å². The van der Waals surface area contributed by atoms with Crippen LogP contribution in [0.15, 0.2) is 82.2 Å². The molecule has 1 N–H and O–H groups in total. The fraction of sp³-hybridized carbons (Fsp3) is 0.286. The van der Waals surface area contributed by atoms with Crippen LogP contribution in [0.2, 0.25) is 5.02 Å². The summed E-state index contributed by atoms with van der Waals surface area (Å²) in [4.78, 5) is 28.1. The number of hydrogen-bond acceptors (Lipinski definition) is 5. The summed E-state index contributed by atoms with van der Waals surface area (Å²) in [6, 6.07) is 18.8. The lowest BCUT2D eigenvalue weighted by Gasteiger charge is -2.32. The zero-order valence-electron chi connectivity index (χ0n) is 21.9. The predicted octanol–water partition coefficient (Wildman–Crippen LogP) is 5.25. The number of amides is 2. The highest BCUT2D eigenvalue weighted by Gasteiger charge is 2.33. The summed E-state index contributed by atoms with van der Waals surface area (Å²) in [5, 5.41) is 3.12. The number of para-hydroxylation sites is 2. The Labute approximate surface area is 243 Å². The van der Waals surface area contributed by atoms with Crippen LogP contribution in [0.1, 0.15) is 26.3 Å². The molecule has 0 aliphatic carbocycles. The second kappa shape index (κ2) is 13.8. The number of carbonyl (C=O) groups is 2. The first kappa shape index (κ1) is 30.5. The molecule has 0 bridgehead atoms. The fourth-order valence-corrected chi connectivity index (χ4v) is 5.92. The fourth-order valence-electron chi connectivity index (χ4n) is 3.92. The second-order valence-corrected chi connectivity index (χ2v) is 11.8. The van der Waals surface area contributed by atoms with Crippen molar-refractivity contribution in [1.82, 2.24) is 10.2 Å². The molecule has 39 heavy (non-hydrogen) atoms. The Morgan fingerprint density at radius 1 is 1.03 bits per heavy atom. The molecule has 2 amide bonds. The van der Waals surface area contributed by atoms with Gasteiger partial charge in [0.15, 0.2) is 0 Å². The Hall–Kier alpha value is -3.08. The molecule has 0 spiro atoms. The van der Waals surface area contributed by atoms with Crippen LogP contribution in [0.25, 0.3) is 0 Å². The van der Waals surface area contributed by atoms with E-state index in [-0.39, 0.29) is 23.0 Å². The molecular weight excluding hydrogens is 606 g/mol. The zero-order chi connectivity index (χ0) is 28.6. The van der Waals surface area contributed by atoms with Crippen molar-refractivity contribution >= 4 is 55.1 Å². The predicted molar refractivity (Wildman–Crippen MR) is 156 cm³/mol. The third-order valence-electron chi connectivity index (χ3n) is 5.87. The first-order valence-electron chi connectivity index (χ1n) is 12.4. The van der Waals surface area contributed by atoms with E-state index in [1.165, 1.54) is 29.2 Å². The molecule has 0 saturated carbocycles. The van der Waals surface area contributed by atoms with Crippen molar-refractivity contribution in [2.24, 2.45) is 0 Å². The van der Waals surface area contributed by atoms with E-state index >= 15 is 0 Å². The van der Waals surface area contributed by atoms with Crippen LogP contribution in [0.4, 0.5) is 5.69 Å². The smallest absolute Gasteiger partial charge is 0.264 e. The molecule has 0 aromatic heterocycles. The van der Waals surface area contributed by atoms with Crippen LogP contribution in [0, 0.1) is 0 Å². The molecule has 1 unspecified atom stereocenters. The first-order valence-corrected chi connectivity index (χ1v) is 15.0. The molecule has 0 fully saturated rings. The number of halogens is 2. The highest BCUT2D eigenvalue weighted by molar-refractivity contribution is 9.10. The normalized spacial score (nSPS) is 11.9. The average Bonchev–Trinajstić information content (AvgIpc) is 2.91. The third-order valence-corrected chi connectivity index (χ3v) is 8.39. The Bertz CT molecular complexity index is 1400. The van der Waals surface area contributed by atoms with Gasteiger partial charge in [-0.2, -0.15) is 0 Å². The van der Waals surface area contributed by atoms with E-state index in [1.807, 2.05) is 24.3 Å². The maximum atomic E-state index is 13.9. The molecule has 0 radical (unpaired) electrons. The summed E-state index contributed by atoms with van der Waals surface area (Å²) in [5.41, 5.74) is 0.978. The Balaban J connectivity index is 2.08. The lowest BCUT2D eigenvalue weighted by molar-refractivity contribution is -0.139. The van der Waals surface area contributed by atoms with E-state index in [2.05, 4.69) is 21.2 Å². The number of carbonyl (C=O) groups excluding carboxylic acids is 2. The lowest BCUT2D eigenvalue weighted by Crippen LogP contribution is -2.51. The van der Waals surface area contributed by atoms with E-state index < -0.39 is 28.5 Å². The summed E-state index contributed by atoms with van der Waals surface area (Å²) in [7, 11) is -4.24. The van der Waals surface area contributed by atoms with Crippen molar-refractivity contribution in [3.05, 3.63) is 87.9 Å². The minimum Gasteiger partial charge on any atom is -0.492 e. The molecule has 0 heterocycles. The minimum absolute atomic E-state index is 0.0404. The largest absolute Gasteiger partial charge is 0.492 e. The van der Waals surface area contributed by atoms with Crippen LogP contribution in [0.5, 0.6) is 5.75 Å². The van der Waals surface area contributed by atoms with Gasteiger partial charge in [-0.15, -0.1) is 0 Å². The molecule has 0 aliphatic rings. The Kier molecular flexibility index (Phi) is 10.8. The van der Waals surface area contributed by atoms with Crippen molar-refractivity contribution in [3.8, 4) is 5.75 Å². The van der Waals surface area contributed by atoms with E-state index in [0.717, 1.165) is 14.3 Å². The number of ether oxygens (including phenoxy) is 1. The van der Waals surface area contributed by atoms with Gasteiger partial charge >= 0.3 is 0 Å². The first-order chi connectivity index (χ1) is 18.6. The van der Waals surface area contributed by atoms with E-state index in [9.17, 15) is 18.0 Å². The van der Waals surface area contributed by atoms with Crippen molar-refractivity contribution in [2.45, 2.75) is 38.3 Å². The number of hydrogen-bond donors (Lipinski definition) is 1. The maximum Gasteiger partial charge on any atom is 0.264 e. The van der Waals surface area contributed by atoms with Crippen LogP contribution in [-0.4, -0.2) is 50.9 Å². The summed E-state index contributed by atoms with van der Waals surface area (Å²) >= 11 is 9.44. The van der Waals surface area contributed by atoms with Gasteiger partial charge < -0.3 is 15.0 Å². The average molecular weight is 637 g/mol. The standard InChI is InChI=1S/C28H31BrClN3O5S/c1-4-31-28(35)20(3)32(18-21-9-8-10-22(29)17-21)27(34)19-33(25-11-6-7-12-26(25)38-5-2)39(36,37)24-15-13-23(30)14-16-24/h6-17,20H,4-5,18-19H2,1-3H3,(H,31,35). The highest BCUT2D eigenvalue weighted by Crippen LogP contribution is 2.33. The minimum atomic E-state index is -4.24. The number of nitrogens with one attached hydrogen (secondary N) is 1. The lowest BCUT2D eigenvalue weighted by atomic mass is 10.1. The van der Waals surface area contributed by atoms with Crippen molar-refractivity contribution in [1.29, 1.82) is 0 Å². The number of anilines is 1. The quantitative estimate of drug-likeness (QED) is 0.293. The third kappa shape index (κ3) is 7.74. The number of likely N-dealkylation sites (N-methyl/N-ethyl adjacent to an activating group) is 1. The Morgan fingerprint density at radius 2 is 1.72 bits per heavy atom. The monoisotopic (exact) mass is 635 g/mol. The van der Waals surface area contributed by atoms with Gasteiger partial charge in [0.25, 0.3) is 10.0 Å².